The molecule has 3 aromatic rings. The zero-order valence-electron chi connectivity index (χ0n) is 17.1. The fourth-order valence-corrected chi connectivity index (χ4v) is 3.78. The summed E-state index contributed by atoms with van der Waals surface area (Å²) in [6.45, 7) is 2.40. The summed E-state index contributed by atoms with van der Waals surface area (Å²) in [5.41, 5.74) is 2.01. The molecule has 2 amide bonds. The first-order valence-electron chi connectivity index (χ1n) is 9.82. The topological polar surface area (TPSA) is 97.4 Å². The van der Waals surface area contributed by atoms with Crippen molar-refractivity contribution >= 4 is 11.8 Å². The largest absolute Gasteiger partial charge is 0.361 e. The van der Waals surface area contributed by atoms with E-state index in [0.717, 1.165) is 0 Å². The van der Waals surface area contributed by atoms with Crippen LogP contribution in [0.3, 0.4) is 0 Å². The van der Waals surface area contributed by atoms with Crippen LogP contribution in [-0.4, -0.2) is 40.0 Å². The second-order valence-corrected chi connectivity index (χ2v) is 7.42. The summed E-state index contributed by atoms with van der Waals surface area (Å²) in [6, 6.07) is 7.14. The Bertz CT molecular complexity index is 1210. The van der Waals surface area contributed by atoms with Crippen molar-refractivity contribution in [3.8, 4) is 5.69 Å². The second-order valence-electron chi connectivity index (χ2n) is 7.42. The third-order valence-electron chi connectivity index (χ3n) is 5.31. The Morgan fingerprint density at radius 2 is 2.00 bits per heavy atom. The van der Waals surface area contributed by atoms with E-state index >= 15 is 0 Å². The quantitative estimate of drug-likeness (QED) is 0.688. The van der Waals surface area contributed by atoms with E-state index in [0.29, 0.717) is 41.2 Å². The van der Waals surface area contributed by atoms with Crippen LogP contribution in [0.2, 0.25) is 0 Å². The van der Waals surface area contributed by atoms with Gasteiger partial charge < -0.3 is 14.7 Å². The number of rotatable bonds is 4. The third-order valence-corrected chi connectivity index (χ3v) is 5.31. The third kappa shape index (κ3) is 3.98. The zero-order valence-corrected chi connectivity index (χ0v) is 17.1. The smallest absolute Gasteiger partial charge is 0.268 e. The van der Waals surface area contributed by atoms with E-state index in [-0.39, 0.29) is 24.4 Å². The Labute approximate surface area is 177 Å². The lowest BCUT2D eigenvalue weighted by Gasteiger charge is -2.30. The van der Waals surface area contributed by atoms with Gasteiger partial charge in [0, 0.05) is 38.1 Å². The van der Waals surface area contributed by atoms with Crippen LogP contribution >= 0.6 is 0 Å². The molecule has 8 nitrogen and oxygen atoms in total. The fourth-order valence-electron chi connectivity index (χ4n) is 3.78. The molecule has 2 aromatic heterocycles. The highest BCUT2D eigenvalue weighted by molar-refractivity contribution is 5.95. The highest BCUT2D eigenvalue weighted by atomic mass is 19.1. The Balaban J connectivity index is 1.72. The summed E-state index contributed by atoms with van der Waals surface area (Å²) in [7, 11) is 1.46. The predicted octanol–water partition coefficient (Wildman–Crippen LogP) is 1.76. The number of pyridine rings is 1. The van der Waals surface area contributed by atoms with Crippen LogP contribution in [0.15, 0.2) is 45.8 Å². The summed E-state index contributed by atoms with van der Waals surface area (Å²) < 4.78 is 19.8. The number of halogens is 1. The summed E-state index contributed by atoms with van der Waals surface area (Å²) in [5, 5.41) is 6.31. The number of fused-ring (bicyclic) bond motifs is 1. The summed E-state index contributed by atoms with van der Waals surface area (Å²) in [6.07, 6.45) is 2.07. The van der Waals surface area contributed by atoms with Gasteiger partial charge in [-0.3, -0.25) is 19.0 Å². The number of carbonyl (C=O) groups is 2. The lowest BCUT2D eigenvalue weighted by atomic mass is 9.95. The number of aromatic nitrogens is 2. The number of hydrogen-bond acceptors (Lipinski definition) is 5. The zero-order chi connectivity index (χ0) is 22.1. The standard InChI is InChI=1S/C22H21FN4O4/c1-13-9-17(31-25-13)10-19(28)26-8-7-18-14(11-26)12-27(16-5-3-15(23)4-6-16)22(30)20(18)21(29)24-2/h3-6,9,12H,7-8,10-11H2,1-2H3,(H,24,29). The molecule has 1 aromatic carbocycles. The van der Waals surface area contributed by atoms with Crippen LogP contribution in [0.4, 0.5) is 4.39 Å². The number of aryl methyl sites for hydroxylation is 1. The second kappa shape index (κ2) is 8.17. The van der Waals surface area contributed by atoms with Crippen LogP contribution in [-0.2, 0) is 24.2 Å². The van der Waals surface area contributed by atoms with Crippen molar-refractivity contribution in [3.63, 3.8) is 0 Å². The van der Waals surface area contributed by atoms with E-state index in [4.69, 9.17) is 4.52 Å². The first-order chi connectivity index (χ1) is 14.9. The van der Waals surface area contributed by atoms with Crippen LogP contribution in [0.5, 0.6) is 0 Å². The predicted molar refractivity (Wildman–Crippen MR) is 109 cm³/mol. The molecule has 0 atom stereocenters. The summed E-state index contributed by atoms with van der Waals surface area (Å²) in [5.74, 6) is -0.575. The van der Waals surface area contributed by atoms with Gasteiger partial charge in [0.15, 0.2) is 0 Å². The molecule has 3 heterocycles. The highest BCUT2D eigenvalue weighted by Gasteiger charge is 2.28. The normalized spacial score (nSPS) is 13.1. The molecule has 160 valence electrons. The van der Waals surface area contributed by atoms with Gasteiger partial charge in [-0.15, -0.1) is 0 Å². The molecule has 9 heteroatoms. The SMILES string of the molecule is CNC(=O)c1c2c(cn(-c3ccc(F)cc3)c1=O)CN(C(=O)Cc1cc(C)no1)CC2. The van der Waals surface area contributed by atoms with Gasteiger partial charge in [-0.1, -0.05) is 5.16 Å². The molecule has 0 aliphatic carbocycles. The average Bonchev–Trinajstić information content (AvgIpc) is 3.17. The van der Waals surface area contributed by atoms with Crippen molar-refractivity contribution in [2.75, 3.05) is 13.6 Å². The van der Waals surface area contributed by atoms with Gasteiger partial charge in [-0.2, -0.15) is 0 Å². The maximum Gasteiger partial charge on any atom is 0.268 e. The van der Waals surface area contributed by atoms with Crippen molar-refractivity contribution < 1.29 is 18.5 Å². The van der Waals surface area contributed by atoms with Crippen LogP contribution in [0.1, 0.15) is 32.9 Å². The van der Waals surface area contributed by atoms with Crippen molar-refractivity contribution in [1.29, 1.82) is 0 Å². The molecule has 1 N–H and O–H groups in total. The Hall–Kier alpha value is -3.75. The minimum absolute atomic E-state index is 0.0438. The number of hydrogen-bond donors (Lipinski definition) is 1. The van der Waals surface area contributed by atoms with Crippen molar-refractivity contribution in [3.05, 3.63) is 80.8 Å². The van der Waals surface area contributed by atoms with Gasteiger partial charge >= 0.3 is 0 Å². The highest BCUT2D eigenvalue weighted by Crippen LogP contribution is 2.23. The minimum atomic E-state index is -0.491. The van der Waals surface area contributed by atoms with Crippen molar-refractivity contribution in [1.82, 2.24) is 19.9 Å². The average molecular weight is 424 g/mol. The minimum Gasteiger partial charge on any atom is -0.361 e. The molecule has 0 spiro atoms. The number of nitrogens with zero attached hydrogens (tertiary/aromatic N) is 3. The first kappa shape index (κ1) is 20.5. The number of carbonyl (C=O) groups excluding carboxylic acids is 2. The molecule has 1 aliphatic heterocycles. The molecule has 0 radical (unpaired) electrons. The summed E-state index contributed by atoms with van der Waals surface area (Å²) in [4.78, 5) is 40.0. The molecular weight excluding hydrogens is 403 g/mol. The molecule has 31 heavy (non-hydrogen) atoms. The van der Waals surface area contributed by atoms with Gasteiger partial charge in [-0.05, 0) is 48.7 Å². The molecule has 0 fully saturated rings. The van der Waals surface area contributed by atoms with Gasteiger partial charge in [-0.25, -0.2) is 4.39 Å². The maximum absolute atomic E-state index is 13.4. The van der Waals surface area contributed by atoms with E-state index in [1.807, 2.05) is 0 Å². The van der Waals surface area contributed by atoms with E-state index in [1.165, 1.54) is 35.9 Å². The Morgan fingerprint density at radius 1 is 1.26 bits per heavy atom. The van der Waals surface area contributed by atoms with Gasteiger partial charge in [0.1, 0.15) is 17.1 Å². The molecule has 0 saturated carbocycles. The van der Waals surface area contributed by atoms with Crippen LogP contribution in [0, 0.1) is 12.7 Å². The molecule has 4 rings (SSSR count). The van der Waals surface area contributed by atoms with E-state index in [1.54, 1.807) is 24.1 Å². The van der Waals surface area contributed by atoms with Gasteiger partial charge in [0.25, 0.3) is 11.5 Å². The first-order valence-corrected chi connectivity index (χ1v) is 9.82. The molecule has 0 unspecified atom stereocenters. The lowest BCUT2D eigenvalue weighted by molar-refractivity contribution is -0.131. The number of amides is 2. The fraction of sp³-hybridized carbons (Fsp3) is 0.273. The monoisotopic (exact) mass is 424 g/mol. The maximum atomic E-state index is 13.4. The Morgan fingerprint density at radius 3 is 2.65 bits per heavy atom. The molecular formula is C22H21FN4O4. The van der Waals surface area contributed by atoms with Gasteiger partial charge in [0.05, 0.1) is 12.1 Å². The van der Waals surface area contributed by atoms with Gasteiger partial charge in [0.2, 0.25) is 5.91 Å². The molecule has 0 bridgehead atoms. The lowest BCUT2D eigenvalue weighted by Crippen LogP contribution is -2.41. The Kier molecular flexibility index (Phi) is 5.41. The van der Waals surface area contributed by atoms with Crippen molar-refractivity contribution in [2.45, 2.75) is 26.3 Å². The molecule has 1 aliphatic rings. The van der Waals surface area contributed by atoms with Crippen LogP contribution in [0.25, 0.3) is 5.69 Å². The van der Waals surface area contributed by atoms with E-state index in [9.17, 15) is 18.8 Å². The molecule has 0 saturated heterocycles. The number of nitrogens with one attached hydrogen (secondary N) is 1. The van der Waals surface area contributed by atoms with Crippen molar-refractivity contribution in [2.24, 2.45) is 0 Å². The van der Waals surface area contributed by atoms with E-state index in [2.05, 4.69) is 10.5 Å². The van der Waals surface area contributed by atoms with Crippen LogP contribution < -0.4 is 10.9 Å². The number of benzene rings is 1. The summed E-state index contributed by atoms with van der Waals surface area (Å²) >= 11 is 0. The van der Waals surface area contributed by atoms with E-state index < -0.39 is 17.3 Å².